The molecule has 1 aliphatic rings. The Morgan fingerprint density at radius 3 is 2.52 bits per heavy atom. The summed E-state index contributed by atoms with van der Waals surface area (Å²) < 4.78 is 0. The van der Waals surface area contributed by atoms with Crippen LogP contribution in [0.5, 0.6) is 5.75 Å². The standard InChI is InChI=1S/C17H19NO2S/c1-11-9-18(10-12(2)21-11)17(20)15-8-7-13-5-3-4-6-14(13)16(15)19/h3-8,11-12,19H,9-10H2,1-2H3. The SMILES string of the molecule is CC1CN(C(=O)c2ccc3ccccc3c2O)CC(C)S1. The third-order valence-corrected chi connectivity index (χ3v) is 5.07. The number of fused-ring (bicyclic) bond motifs is 1. The lowest BCUT2D eigenvalue weighted by Gasteiger charge is -2.34. The van der Waals surface area contributed by atoms with Crippen LogP contribution in [0.4, 0.5) is 0 Å². The molecule has 3 rings (SSSR count). The van der Waals surface area contributed by atoms with E-state index < -0.39 is 0 Å². The van der Waals surface area contributed by atoms with E-state index in [1.807, 2.05) is 47.0 Å². The van der Waals surface area contributed by atoms with Gasteiger partial charge < -0.3 is 10.0 Å². The van der Waals surface area contributed by atoms with Gasteiger partial charge in [0.1, 0.15) is 5.75 Å². The van der Waals surface area contributed by atoms with Crippen molar-refractivity contribution in [1.82, 2.24) is 4.90 Å². The molecule has 2 atom stereocenters. The van der Waals surface area contributed by atoms with Gasteiger partial charge in [0.25, 0.3) is 5.91 Å². The van der Waals surface area contributed by atoms with E-state index in [-0.39, 0.29) is 11.7 Å². The Hall–Kier alpha value is -1.68. The van der Waals surface area contributed by atoms with E-state index in [2.05, 4.69) is 13.8 Å². The molecule has 110 valence electrons. The number of amides is 1. The first-order valence-corrected chi connectivity index (χ1v) is 8.16. The smallest absolute Gasteiger partial charge is 0.257 e. The van der Waals surface area contributed by atoms with Gasteiger partial charge in [-0.25, -0.2) is 0 Å². The maximum Gasteiger partial charge on any atom is 0.257 e. The van der Waals surface area contributed by atoms with Crippen molar-refractivity contribution in [2.24, 2.45) is 0 Å². The summed E-state index contributed by atoms with van der Waals surface area (Å²) in [6.45, 7) is 5.75. The zero-order chi connectivity index (χ0) is 15.0. The van der Waals surface area contributed by atoms with Crippen LogP contribution in [0.1, 0.15) is 24.2 Å². The minimum atomic E-state index is -0.0720. The number of benzene rings is 2. The minimum Gasteiger partial charge on any atom is -0.506 e. The normalized spacial score (nSPS) is 22.5. The van der Waals surface area contributed by atoms with Crippen LogP contribution in [0, 0.1) is 0 Å². The number of hydrogen-bond donors (Lipinski definition) is 1. The fourth-order valence-electron chi connectivity index (χ4n) is 2.94. The molecule has 3 nitrogen and oxygen atoms in total. The van der Waals surface area contributed by atoms with Gasteiger partial charge in [0, 0.05) is 29.0 Å². The maximum atomic E-state index is 12.7. The molecule has 1 N–H and O–H groups in total. The summed E-state index contributed by atoms with van der Waals surface area (Å²) in [5.74, 6) is 0.0221. The molecule has 1 amide bonds. The first kappa shape index (κ1) is 14.3. The summed E-state index contributed by atoms with van der Waals surface area (Å²) in [6.07, 6.45) is 0. The number of hydrogen-bond acceptors (Lipinski definition) is 3. The molecule has 2 aromatic carbocycles. The molecular weight excluding hydrogens is 282 g/mol. The summed E-state index contributed by atoms with van der Waals surface area (Å²) in [4.78, 5) is 14.6. The lowest BCUT2D eigenvalue weighted by molar-refractivity contribution is 0.0750. The molecule has 0 radical (unpaired) electrons. The van der Waals surface area contributed by atoms with E-state index in [1.165, 1.54) is 0 Å². The summed E-state index contributed by atoms with van der Waals surface area (Å²) in [6, 6.07) is 11.2. The predicted octanol–water partition coefficient (Wildman–Crippen LogP) is 3.51. The Morgan fingerprint density at radius 1 is 1.14 bits per heavy atom. The average molecular weight is 301 g/mol. The average Bonchev–Trinajstić information content (AvgIpc) is 2.46. The molecule has 1 heterocycles. The molecule has 4 heteroatoms. The first-order chi connectivity index (χ1) is 10.1. The number of nitrogens with zero attached hydrogens (tertiary/aromatic N) is 1. The van der Waals surface area contributed by atoms with Crippen LogP contribution >= 0.6 is 11.8 Å². The zero-order valence-corrected chi connectivity index (χ0v) is 13.1. The topological polar surface area (TPSA) is 40.5 Å². The zero-order valence-electron chi connectivity index (χ0n) is 12.2. The highest BCUT2D eigenvalue weighted by Crippen LogP contribution is 2.31. The predicted molar refractivity (Wildman–Crippen MR) is 88.0 cm³/mol. The van der Waals surface area contributed by atoms with Gasteiger partial charge in [0.15, 0.2) is 0 Å². The number of thioether (sulfide) groups is 1. The van der Waals surface area contributed by atoms with Crippen LogP contribution in [0.25, 0.3) is 10.8 Å². The van der Waals surface area contributed by atoms with Crippen molar-refractivity contribution >= 4 is 28.4 Å². The lowest BCUT2D eigenvalue weighted by Crippen LogP contribution is -2.44. The molecule has 0 spiro atoms. The summed E-state index contributed by atoms with van der Waals surface area (Å²) in [7, 11) is 0. The minimum absolute atomic E-state index is 0.0720. The van der Waals surface area contributed by atoms with E-state index in [0.29, 0.717) is 16.1 Å². The number of phenolic OH excluding ortho intramolecular Hbond substituents is 1. The van der Waals surface area contributed by atoms with E-state index >= 15 is 0 Å². The van der Waals surface area contributed by atoms with Crippen molar-refractivity contribution in [2.45, 2.75) is 24.3 Å². The van der Waals surface area contributed by atoms with E-state index in [1.54, 1.807) is 6.07 Å². The maximum absolute atomic E-state index is 12.7. The third-order valence-electron chi connectivity index (χ3n) is 3.84. The second kappa shape index (κ2) is 5.60. The second-order valence-corrected chi connectivity index (χ2v) is 7.53. The quantitative estimate of drug-likeness (QED) is 0.876. The number of phenols is 1. The molecule has 1 aliphatic heterocycles. The van der Waals surface area contributed by atoms with Crippen LogP contribution < -0.4 is 0 Å². The van der Waals surface area contributed by atoms with Crippen molar-refractivity contribution in [1.29, 1.82) is 0 Å². The first-order valence-electron chi connectivity index (χ1n) is 7.21. The molecule has 21 heavy (non-hydrogen) atoms. The molecular formula is C17H19NO2S. The van der Waals surface area contributed by atoms with Crippen molar-refractivity contribution < 1.29 is 9.90 Å². The second-order valence-electron chi connectivity index (χ2n) is 5.65. The van der Waals surface area contributed by atoms with Gasteiger partial charge >= 0.3 is 0 Å². The lowest BCUT2D eigenvalue weighted by atomic mass is 10.0. The molecule has 2 unspecified atom stereocenters. The van der Waals surface area contributed by atoms with Gasteiger partial charge in [0.2, 0.25) is 0 Å². The summed E-state index contributed by atoms with van der Waals surface area (Å²) in [5.41, 5.74) is 0.403. The summed E-state index contributed by atoms with van der Waals surface area (Å²) in [5, 5.41) is 13.0. The summed E-state index contributed by atoms with van der Waals surface area (Å²) >= 11 is 1.91. The molecule has 0 aromatic heterocycles. The van der Waals surface area contributed by atoms with Gasteiger partial charge in [-0.3, -0.25) is 4.79 Å². The van der Waals surface area contributed by atoms with Gasteiger partial charge in [-0.15, -0.1) is 0 Å². The monoisotopic (exact) mass is 301 g/mol. The van der Waals surface area contributed by atoms with Gasteiger partial charge in [-0.05, 0) is 11.5 Å². The van der Waals surface area contributed by atoms with Crippen molar-refractivity contribution in [3.63, 3.8) is 0 Å². The molecule has 1 saturated heterocycles. The Bertz CT molecular complexity index is 676. The van der Waals surface area contributed by atoms with Crippen molar-refractivity contribution in [3.8, 4) is 5.75 Å². The fraction of sp³-hybridized carbons (Fsp3) is 0.353. The van der Waals surface area contributed by atoms with Gasteiger partial charge in [-0.1, -0.05) is 44.2 Å². The van der Waals surface area contributed by atoms with Crippen LogP contribution in [0.3, 0.4) is 0 Å². The van der Waals surface area contributed by atoms with Crippen LogP contribution in [-0.2, 0) is 0 Å². The molecule has 1 fully saturated rings. The number of rotatable bonds is 1. The molecule has 0 aliphatic carbocycles. The molecule has 2 aromatic rings. The Labute approximate surface area is 129 Å². The number of carbonyl (C=O) groups excluding carboxylic acids is 1. The van der Waals surface area contributed by atoms with Crippen LogP contribution in [0.2, 0.25) is 0 Å². The molecule has 0 saturated carbocycles. The number of carbonyl (C=O) groups is 1. The van der Waals surface area contributed by atoms with E-state index in [9.17, 15) is 9.90 Å². The van der Waals surface area contributed by atoms with Gasteiger partial charge in [-0.2, -0.15) is 11.8 Å². The van der Waals surface area contributed by atoms with Crippen molar-refractivity contribution in [3.05, 3.63) is 42.0 Å². The van der Waals surface area contributed by atoms with Crippen molar-refractivity contribution in [2.75, 3.05) is 13.1 Å². The Kier molecular flexibility index (Phi) is 3.81. The molecule has 0 bridgehead atoms. The van der Waals surface area contributed by atoms with E-state index in [4.69, 9.17) is 0 Å². The van der Waals surface area contributed by atoms with E-state index in [0.717, 1.165) is 23.9 Å². The highest BCUT2D eigenvalue weighted by atomic mass is 32.2. The van der Waals surface area contributed by atoms with Crippen LogP contribution in [0.15, 0.2) is 36.4 Å². The largest absolute Gasteiger partial charge is 0.506 e. The van der Waals surface area contributed by atoms with Crippen LogP contribution in [-0.4, -0.2) is 39.5 Å². The highest BCUT2D eigenvalue weighted by molar-refractivity contribution is 8.00. The highest BCUT2D eigenvalue weighted by Gasteiger charge is 2.28. The number of aromatic hydroxyl groups is 1. The van der Waals surface area contributed by atoms with Gasteiger partial charge in [0.05, 0.1) is 5.56 Å². The fourth-order valence-corrected chi connectivity index (χ4v) is 4.27. The Balaban J connectivity index is 1.96. The third kappa shape index (κ3) is 2.72. The Morgan fingerprint density at radius 2 is 1.81 bits per heavy atom.